The van der Waals surface area contributed by atoms with Crippen molar-refractivity contribution in [3.8, 4) is 5.69 Å². The van der Waals surface area contributed by atoms with E-state index in [4.69, 9.17) is 9.47 Å². The highest BCUT2D eigenvalue weighted by molar-refractivity contribution is 5.78. The number of hydrogen-bond acceptors (Lipinski definition) is 6. The molecule has 1 saturated heterocycles. The molecule has 5 rings (SSSR count). The number of nitrogens with one attached hydrogen (secondary N) is 1. The third-order valence-electron chi connectivity index (χ3n) is 5.84. The minimum absolute atomic E-state index is 0.0658. The highest BCUT2D eigenvalue weighted by Gasteiger charge is 2.18. The molecule has 3 heterocycles. The molecule has 0 saturated carbocycles. The minimum Gasteiger partial charge on any atom is -0.380 e. The predicted octanol–water partition coefficient (Wildman–Crippen LogP) is 4.42. The number of halogens is 2. The van der Waals surface area contributed by atoms with E-state index >= 15 is 0 Å². The average Bonchev–Trinajstić information content (AvgIpc) is 3.27. The highest BCUT2D eigenvalue weighted by atomic mass is 19.1. The number of aromatic nitrogens is 3. The van der Waals surface area contributed by atoms with Crippen LogP contribution >= 0.6 is 0 Å². The fourth-order valence-electron chi connectivity index (χ4n) is 4.03. The van der Waals surface area contributed by atoms with Gasteiger partial charge in [0, 0.05) is 55.8 Å². The molecule has 2 aromatic heterocycles. The number of methoxy groups -OCH3 is 1. The summed E-state index contributed by atoms with van der Waals surface area (Å²) in [5.41, 5.74) is 2.86. The molecule has 1 N–H and O–H groups in total. The molecule has 1 aliphatic rings. The molecule has 34 heavy (non-hydrogen) atoms. The van der Waals surface area contributed by atoms with E-state index in [9.17, 15) is 8.78 Å². The van der Waals surface area contributed by atoms with Crippen LogP contribution in [0.4, 0.5) is 20.4 Å². The molecule has 1 fully saturated rings. The fourth-order valence-corrected chi connectivity index (χ4v) is 4.03. The average molecular weight is 466 g/mol. The zero-order valence-electron chi connectivity index (χ0n) is 18.8. The Morgan fingerprint density at radius 2 is 1.79 bits per heavy atom. The Hall–Kier alpha value is -3.40. The van der Waals surface area contributed by atoms with E-state index in [1.807, 2.05) is 35.2 Å². The summed E-state index contributed by atoms with van der Waals surface area (Å²) in [6.45, 7) is 3.21. The lowest BCUT2D eigenvalue weighted by Gasteiger charge is -2.27. The quantitative estimate of drug-likeness (QED) is 0.436. The summed E-state index contributed by atoms with van der Waals surface area (Å²) in [4.78, 5) is 10.9. The van der Waals surface area contributed by atoms with E-state index in [2.05, 4.69) is 15.3 Å². The second-order valence-electron chi connectivity index (χ2n) is 8.19. The van der Waals surface area contributed by atoms with Crippen LogP contribution in [-0.2, 0) is 22.6 Å². The van der Waals surface area contributed by atoms with E-state index < -0.39 is 11.6 Å². The van der Waals surface area contributed by atoms with Gasteiger partial charge in [-0.1, -0.05) is 12.1 Å². The maximum absolute atomic E-state index is 14.9. The van der Waals surface area contributed by atoms with Crippen molar-refractivity contribution in [1.29, 1.82) is 0 Å². The van der Waals surface area contributed by atoms with Gasteiger partial charge in [-0.2, -0.15) is 4.98 Å². The van der Waals surface area contributed by atoms with Gasteiger partial charge in [-0.05, 0) is 35.9 Å². The van der Waals surface area contributed by atoms with E-state index in [0.717, 1.165) is 16.6 Å². The van der Waals surface area contributed by atoms with Crippen molar-refractivity contribution in [3.63, 3.8) is 0 Å². The maximum Gasteiger partial charge on any atom is 0.229 e. The SMILES string of the molecule is COCc1ccc(Nc2ncc3ccn(-c4cc(F)c(CN5CCOCC5)c(F)c4)c3n2)cc1. The summed E-state index contributed by atoms with van der Waals surface area (Å²) in [6.07, 6.45) is 3.42. The number of rotatable bonds is 7. The summed E-state index contributed by atoms with van der Waals surface area (Å²) in [6, 6.07) is 12.3. The molecule has 0 amide bonds. The summed E-state index contributed by atoms with van der Waals surface area (Å²) in [7, 11) is 1.65. The third-order valence-corrected chi connectivity index (χ3v) is 5.84. The van der Waals surface area contributed by atoms with Crippen molar-refractivity contribution in [2.45, 2.75) is 13.2 Å². The number of morpholine rings is 1. The summed E-state index contributed by atoms with van der Waals surface area (Å²) >= 11 is 0. The molecule has 0 radical (unpaired) electrons. The first-order valence-corrected chi connectivity index (χ1v) is 11.1. The molecule has 176 valence electrons. The lowest BCUT2D eigenvalue weighted by molar-refractivity contribution is 0.0332. The largest absolute Gasteiger partial charge is 0.380 e. The van der Waals surface area contributed by atoms with Gasteiger partial charge in [0.2, 0.25) is 5.95 Å². The van der Waals surface area contributed by atoms with Gasteiger partial charge < -0.3 is 19.4 Å². The molecule has 1 aliphatic heterocycles. The van der Waals surface area contributed by atoms with Crippen LogP contribution in [0.25, 0.3) is 16.7 Å². The van der Waals surface area contributed by atoms with Crippen LogP contribution in [-0.4, -0.2) is 52.8 Å². The van der Waals surface area contributed by atoms with Crippen LogP contribution in [0.15, 0.2) is 54.9 Å². The molecule has 0 atom stereocenters. The summed E-state index contributed by atoms with van der Waals surface area (Å²) < 4.78 is 42.0. The molecule has 0 aliphatic carbocycles. The summed E-state index contributed by atoms with van der Waals surface area (Å²) in [5.74, 6) is -0.768. The normalized spacial score (nSPS) is 14.6. The van der Waals surface area contributed by atoms with E-state index in [0.29, 0.717) is 50.2 Å². The monoisotopic (exact) mass is 465 g/mol. The van der Waals surface area contributed by atoms with Crippen LogP contribution in [0.5, 0.6) is 0 Å². The Bertz CT molecular complexity index is 1260. The van der Waals surface area contributed by atoms with E-state index in [1.54, 1.807) is 24.1 Å². The minimum atomic E-state index is -0.577. The second kappa shape index (κ2) is 9.84. The van der Waals surface area contributed by atoms with E-state index in [1.165, 1.54) is 12.1 Å². The zero-order chi connectivity index (χ0) is 23.5. The topological polar surface area (TPSA) is 64.4 Å². The first-order valence-electron chi connectivity index (χ1n) is 11.1. The van der Waals surface area contributed by atoms with Gasteiger partial charge >= 0.3 is 0 Å². The van der Waals surface area contributed by atoms with Gasteiger partial charge in [0.15, 0.2) is 0 Å². The van der Waals surface area contributed by atoms with Crippen molar-refractivity contribution >= 4 is 22.7 Å². The number of anilines is 2. The van der Waals surface area contributed by atoms with Crippen molar-refractivity contribution in [2.24, 2.45) is 0 Å². The Labute approximate surface area is 196 Å². The molecule has 2 aromatic carbocycles. The predicted molar refractivity (Wildman–Crippen MR) is 125 cm³/mol. The molecule has 4 aromatic rings. The number of hydrogen-bond donors (Lipinski definition) is 1. The lowest BCUT2D eigenvalue weighted by Crippen LogP contribution is -2.36. The van der Waals surface area contributed by atoms with Gasteiger partial charge in [0.1, 0.15) is 17.3 Å². The number of ether oxygens (including phenoxy) is 2. The molecule has 9 heteroatoms. The molecule has 0 bridgehead atoms. The Morgan fingerprint density at radius 3 is 2.50 bits per heavy atom. The smallest absolute Gasteiger partial charge is 0.229 e. The van der Waals surface area contributed by atoms with Crippen LogP contribution < -0.4 is 5.32 Å². The molecule has 0 spiro atoms. The van der Waals surface area contributed by atoms with Gasteiger partial charge in [-0.3, -0.25) is 4.90 Å². The third kappa shape index (κ3) is 4.77. The molecular weight excluding hydrogens is 440 g/mol. The number of benzene rings is 2. The van der Waals surface area contributed by atoms with Gasteiger partial charge in [-0.25, -0.2) is 13.8 Å². The summed E-state index contributed by atoms with van der Waals surface area (Å²) in [5, 5.41) is 3.93. The molecule has 7 nitrogen and oxygen atoms in total. The van der Waals surface area contributed by atoms with Gasteiger partial charge in [0.25, 0.3) is 0 Å². The van der Waals surface area contributed by atoms with Crippen LogP contribution in [0.3, 0.4) is 0 Å². The number of nitrogens with zero attached hydrogens (tertiary/aromatic N) is 4. The Balaban J connectivity index is 1.41. The van der Waals surface area contributed by atoms with Crippen LogP contribution in [0.2, 0.25) is 0 Å². The highest BCUT2D eigenvalue weighted by Crippen LogP contribution is 2.25. The molecule has 0 unspecified atom stereocenters. The fraction of sp³-hybridized carbons (Fsp3) is 0.280. The van der Waals surface area contributed by atoms with Gasteiger partial charge in [0.05, 0.1) is 25.5 Å². The van der Waals surface area contributed by atoms with Crippen LogP contribution in [0.1, 0.15) is 11.1 Å². The standard InChI is InChI=1S/C25H25F2N5O2/c1-33-16-17-2-4-19(5-3-17)29-25-28-14-18-6-7-32(24(18)30-25)20-12-22(26)21(23(27)13-20)15-31-8-10-34-11-9-31/h2-7,12-14H,8-11,15-16H2,1H3,(H,28,29,30). The second-order valence-corrected chi connectivity index (χ2v) is 8.19. The zero-order valence-corrected chi connectivity index (χ0v) is 18.8. The first-order chi connectivity index (χ1) is 16.6. The van der Waals surface area contributed by atoms with Crippen molar-refractivity contribution in [3.05, 3.63) is 77.6 Å². The maximum atomic E-state index is 14.9. The van der Waals surface area contributed by atoms with Crippen LogP contribution in [0, 0.1) is 11.6 Å². The van der Waals surface area contributed by atoms with Crippen molar-refractivity contribution in [1.82, 2.24) is 19.4 Å². The van der Waals surface area contributed by atoms with Gasteiger partial charge in [-0.15, -0.1) is 0 Å². The molecular formula is C25H25F2N5O2. The first kappa shape index (κ1) is 22.4. The Kier molecular flexibility index (Phi) is 6.48. The van der Waals surface area contributed by atoms with Crippen molar-refractivity contribution in [2.75, 3.05) is 38.7 Å². The Morgan fingerprint density at radius 1 is 1.06 bits per heavy atom. The lowest BCUT2D eigenvalue weighted by atomic mass is 10.1. The van der Waals surface area contributed by atoms with Crippen molar-refractivity contribution < 1.29 is 18.3 Å². The van der Waals surface area contributed by atoms with E-state index in [-0.39, 0.29) is 12.1 Å². The number of fused-ring (bicyclic) bond motifs is 1.